The van der Waals surface area contributed by atoms with Gasteiger partial charge in [-0.3, -0.25) is 4.79 Å². The van der Waals surface area contributed by atoms with Gasteiger partial charge in [-0.15, -0.1) is 5.10 Å². The largest absolute Gasteiger partial charge is 0.352 e. The van der Waals surface area contributed by atoms with Gasteiger partial charge >= 0.3 is 0 Å². The highest BCUT2D eigenvalue weighted by atomic mass is 16.2. The Hall–Kier alpha value is -1.43. The minimum Gasteiger partial charge on any atom is -0.352 e. The first-order valence-electron chi connectivity index (χ1n) is 5.04. The van der Waals surface area contributed by atoms with Crippen molar-refractivity contribution in [2.24, 2.45) is 5.73 Å². The van der Waals surface area contributed by atoms with Gasteiger partial charge in [0, 0.05) is 12.6 Å². The zero-order valence-electron chi connectivity index (χ0n) is 9.10. The number of nitrogens with zero attached hydrogens (tertiary/aromatic N) is 3. The van der Waals surface area contributed by atoms with Crippen LogP contribution in [0.1, 0.15) is 26.0 Å². The Morgan fingerprint density at radius 2 is 2.47 bits per heavy atom. The van der Waals surface area contributed by atoms with E-state index in [9.17, 15) is 4.79 Å². The van der Waals surface area contributed by atoms with Crippen LogP contribution in [0.3, 0.4) is 0 Å². The molecule has 1 heterocycles. The summed E-state index contributed by atoms with van der Waals surface area (Å²) in [4.78, 5) is 11.4. The quantitative estimate of drug-likeness (QED) is 0.697. The van der Waals surface area contributed by atoms with E-state index in [0.717, 1.165) is 6.42 Å². The number of hydrogen-bond donors (Lipinski definition) is 2. The number of nitrogens with one attached hydrogen (secondary N) is 1. The highest BCUT2D eigenvalue weighted by Crippen LogP contribution is 1.92. The lowest BCUT2D eigenvalue weighted by Gasteiger charge is -2.10. The van der Waals surface area contributed by atoms with Gasteiger partial charge in [-0.2, -0.15) is 0 Å². The maximum atomic E-state index is 11.4. The van der Waals surface area contributed by atoms with Crippen LogP contribution in [0.5, 0.6) is 0 Å². The zero-order chi connectivity index (χ0) is 11.3. The molecule has 0 fully saturated rings. The van der Waals surface area contributed by atoms with Gasteiger partial charge in [0.1, 0.15) is 6.54 Å². The Labute approximate surface area is 88.8 Å². The molecule has 0 bridgehead atoms. The van der Waals surface area contributed by atoms with Crippen LogP contribution in [-0.2, 0) is 17.9 Å². The van der Waals surface area contributed by atoms with Gasteiger partial charge in [0.05, 0.1) is 11.9 Å². The van der Waals surface area contributed by atoms with Crippen LogP contribution < -0.4 is 11.1 Å². The normalized spacial score (nSPS) is 12.5. The number of rotatable bonds is 5. The van der Waals surface area contributed by atoms with E-state index < -0.39 is 0 Å². The molecule has 1 amide bonds. The van der Waals surface area contributed by atoms with Crippen LogP contribution >= 0.6 is 0 Å². The van der Waals surface area contributed by atoms with Crippen molar-refractivity contribution < 1.29 is 4.79 Å². The summed E-state index contributed by atoms with van der Waals surface area (Å²) < 4.78 is 1.49. The van der Waals surface area contributed by atoms with Gasteiger partial charge in [-0.25, -0.2) is 4.68 Å². The van der Waals surface area contributed by atoms with Crippen LogP contribution in [0.25, 0.3) is 0 Å². The first-order chi connectivity index (χ1) is 7.15. The molecule has 1 aromatic heterocycles. The number of hydrogen-bond acceptors (Lipinski definition) is 4. The molecular formula is C9H17N5O. The van der Waals surface area contributed by atoms with E-state index in [2.05, 4.69) is 15.6 Å². The second kappa shape index (κ2) is 5.45. The van der Waals surface area contributed by atoms with Crippen LogP contribution in [-0.4, -0.2) is 26.9 Å². The molecule has 1 atom stereocenters. The number of carbonyl (C=O) groups is 1. The topological polar surface area (TPSA) is 85.8 Å². The molecule has 15 heavy (non-hydrogen) atoms. The van der Waals surface area contributed by atoms with Crippen LogP contribution in [0.2, 0.25) is 0 Å². The fourth-order valence-electron chi connectivity index (χ4n) is 1.08. The molecule has 0 aliphatic heterocycles. The molecule has 6 heteroatoms. The Morgan fingerprint density at radius 1 is 1.73 bits per heavy atom. The van der Waals surface area contributed by atoms with Crippen molar-refractivity contribution in [1.82, 2.24) is 20.3 Å². The van der Waals surface area contributed by atoms with Crippen molar-refractivity contribution in [2.75, 3.05) is 0 Å². The summed E-state index contributed by atoms with van der Waals surface area (Å²) in [5.74, 6) is -0.0576. The third-order valence-electron chi connectivity index (χ3n) is 2.12. The monoisotopic (exact) mass is 211 g/mol. The minimum atomic E-state index is -0.0576. The molecule has 1 rings (SSSR count). The Kier molecular flexibility index (Phi) is 4.23. The molecule has 1 aromatic rings. The molecule has 0 aliphatic rings. The van der Waals surface area contributed by atoms with Gasteiger partial charge in [0.15, 0.2) is 0 Å². The summed E-state index contributed by atoms with van der Waals surface area (Å²) in [5.41, 5.74) is 6.07. The zero-order valence-corrected chi connectivity index (χ0v) is 9.10. The minimum absolute atomic E-state index is 0.0576. The summed E-state index contributed by atoms with van der Waals surface area (Å²) >= 11 is 0. The number of nitrogens with two attached hydrogens (primary N) is 1. The highest BCUT2D eigenvalue weighted by molar-refractivity contribution is 5.75. The SMILES string of the molecule is CCC(C)NC(=O)Cn1cc(CN)nn1. The lowest BCUT2D eigenvalue weighted by atomic mass is 10.2. The van der Waals surface area contributed by atoms with Crippen molar-refractivity contribution in [3.05, 3.63) is 11.9 Å². The van der Waals surface area contributed by atoms with E-state index in [4.69, 9.17) is 5.73 Å². The standard InChI is InChI=1S/C9H17N5O/c1-3-7(2)11-9(15)6-14-5-8(4-10)12-13-14/h5,7H,3-4,6,10H2,1-2H3,(H,11,15). The van der Waals surface area contributed by atoms with E-state index >= 15 is 0 Å². The first-order valence-corrected chi connectivity index (χ1v) is 5.04. The maximum Gasteiger partial charge on any atom is 0.242 e. The van der Waals surface area contributed by atoms with Crippen molar-refractivity contribution >= 4 is 5.91 Å². The summed E-state index contributed by atoms with van der Waals surface area (Å²) in [5, 5.41) is 10.4. The summed E-state index contributed by atoms with van der Waals surface area (Å²) in [7, 11) is 0. The summed E-state index contributed by atoms with van der Waals surface area (Å²) in [6.07, 6.45) is 2.59. The molecule has 6 nitrogen and oxygen atoms in total. The van der Waals surface area contributed by atoms with Crippen LogP contribution in [0.4, 0.5) is 0 Å². The van der Waals surface area contributed by atoms with Gasteiger partial charge in [0.2, 0.25) is 5.91 Å². The van der Waals surface area contributed by atoms with E-state index in [1.165, 1.54) is 4.68 Å². The van der Waals surface area contributed by atoms with Crippen molar-refractivity contribution in [3.8, 4) is 0 Å². The van der Waals surface area contributed by atoms with E-state index in [1.807, 2.05) is 13.8 Å². The van der Waals surface area contributed by atoms with E-state index in [1.54, 1.807) is 6.20 Å². The van der Waals surface area contributed by atoms with Crippen molar-refractivity contribution in [3.63, 3.8) is 0 Å². The van der Waals surface area contributed by atoms with Gasteiger partial charge in [-0.05, 0) is 13.3 Å². The second-order valence-corrected chi connectivity index (χ2v) is 3.49. The highest BCUT2D eigenvalue weighted by Gasteiger charge is 2.07. The third kappa shape index (κ3) is 3.67. The third-order valence-corrected chi connectivity index (χ3v) is 2.12. The summed E-state index contributed by atoms with van der Waals surface area (Å²) in [6.45, 7) is 4.52. The molecule has 1 unspecified atom stereocenters. The van der Waals surface area contributed by atoms with Gasteiger partial charge in [0.25, 0.3) is 0 Å². The molecule has 0 aromatic carbocycles. The molecule has 0 aliphatic carbocycles. The van der Waals surface area contributed by atoms with Crippen molar-refractivity contribution in [1.29, 1.82) is 0 Å². The molecule has 0 saturated carbocycles. The van der Waals surface area contributed by atoms with Gasteiger partial charge < -0.3 is 11.1 Å². The van der Waals surface area contributed by atoms with E-state index in [0.29, 0.717) is 12.2 Å². The molecular weight excluding hydrogens is 194 g/mol. The summed E-state index contributed by atoms with van der Waals surface area (Å²) in [6, 6.07) is 0.190. The number of amides is 1. The second-order valence-electron chi connectivity index (χ2n) is 3.49. The smallest absolute Gasteiger partial charge is 0.242 e. The van der Waals surface area contributed by atoms with E-state index in [-0.39, 0.29) is 18.5 Å². The Balaban J connectivity index is 2.44. The molecule has 3 N–H and O–H groups in total. The van der Waals surface area contributed by atoms with Crippen LogP contribution in [0, 0.1) is 0 Å². The van der Waals surface area contributed by atoms with Crippen molar-refractivity contribution in [2.45, 2.75) is 39.4 Å². The first kappa shape index (κ1) is 11.6. The lowest BCUT2D eigenvalue weighted by Crippen LogP contribution is -2.34. The lowest BCUT2D eigenvalue weighted by molar-refractivity contribution is -0.122. The average molecular weight is 211 g/mol. The molecule has 84 valence electrons. The predicted octanol–water partition coefficient (Wildman–Crippen LogP) is -0.348. The van der Waals surface area contributed by atoms with Gasteiger partial charge in [-0.1, -0.05) is 12.1 Å². The van der Waals surface area contributed by atoms with Crippen LogP contribution in [0.15, 0.2) is 6.20 Å². The fraction of sp³-hybridized carbons (Fsp3) is 0.667. The number of aromatic nitrogens is 3. The average Bonchev–Trinajstić information content (AvgIpc) is 2.65. The molecule has 0 saturated heterocycles. The molecule has 0 radical (unpaired) electrons. The predicted molar refractivity (Wildman–Crippen MR) is 55.8 cm³/mol. The Bertz CT molecular complexity index is 322. The maximum absolute atomic E-state index is 11.4. The molecule has 0 spiro atoms. The number of carbonyl (C=O) groups excluding carboxylic acids is 1. The fourth-order valence-corrected chi connectivity index (χ4v) is 1.08. The Morgan fingerprint density at radius 3 is 3.00 bits per heavy atom.